The van der Waals surface area contributed by atoms with Gasteiger partial charge in [0, 0.05) is 36.1 Å². The summed E-state index contributed by atoms with van der Waals surface area (Å²) in [4.78, 5) is 4.64. The minimum Gasteiger partial charge on any atom is -0.691 e. The SMILES string of the molecule is CSOOCCCSOO[O-].[Li+]. The van der Waals surface area contributed by atoms with Crippen molar-refractivity contribution in [2.75, 3.05) is 18.6 Å². The molecule has 8 heteroatoms. The molecular formula is C4H9LiO5S2. The Balaban J connectivity index is 0. The summed E-state index contributed by atoms with van der Waals surface area (Å²) in [5, 5.41) is 12.4. The van der Waals surface area contributed by atoms with Gasteiger partial charge in [-0.05, 0) is 6.42 Å². The molecule has 0 saturated carbocycles. The molecule has 0 bridgehead atoms. The fourth-order valence-electron chi connectivity index (χ4n) is 0.313. The van der Waals surface area contributed by atoms with E-state index < -0.39 is 0 Å². The van der Waals surface area contributed by atoms with E-state index in [-0.39, 0.29) is 18.9 Å². The quantitative estimate of drug-likeness (QED) is 0.143. The third-order valence-electron chi connectivity index (χ3n) is 0.647. The van der Waals surface area contributed by atoms with Crippen LogP contribution in [0.1, 0.15) is 6.42 Å². The second kappa shape index (κ2) is 14.6. The average molecular weight is 208 g/mol. The van der Waals surface area contributed by atoms with Gasteiger partial charge in [0.15, 0.2) is 0 Å². The van der Waals surface area contributed by atoms with Gasteiger partial charge in [0.2, 0.25) is 0 Å². The Bertz CT molecular complexity index is 70.5. The first-order chi connectivity index (χ1) is 5.41. The predicted octanol–water partition coefficient (Wildman–Crippen LogP) is -2.52. The van der Waals surface area contributed by atoms with E-state index in [9.17, 15) is 5.26 Å². The van der Waals surface area contributed by atoms with Gasteiger partial charge >= 0.3 is 18.9 Å². The van der Waals surface area contributed by atoms with E-state index in [4.69, 9.17) is 0 Å². The molecule has 12 heavy (non-hydrogen) atoms. The number of hydrogen-bond acceptors (Lipinski definition) is 7. The van der Waals surface area contributed by atoms with Crippen molar-refractivity contribution < 1.29 is 42.7 Å². The van der Waals surface area contributed by atoms with Gasteiger partial charge in [-0.15, -0.1) is 0 Å². The van der Waals surface area contributed by atoms with Crippen LogP contribution in [0, 0.1) is 0 Å². The van der Waals surface area contributed by atoms with E-state index in [1.807, 2.05) is 0 Å². The zero-order valence-electron chi connectivity index (χ0n) is 6.98. The van der Waals surface area contributed by atoms with Crippen molar-refractivity contribution >= 4 is 24.1 Å². The first-order valence-electron chi connectivity index (χ1n) is 2.82. The molecule has 0 amide bonds. The van der Waals surface area contributed by atoms with Crippen molar-refractivity contribution in [1.29, 1.82) is 0 Å². The summed E-state index contributed by atoms with van der Waals surface area (Å²) >= 11 is 2.07. The van der Waals surface area contributed by atoms with Gasteiger partial charge in [0.1, 0.15) is 0 Å². The van der Waals surface area contributed by atoms with E-state index in [1.54, 1.807) is 6.26 Å². The Hall–Kier alpha value is 1.10. The summed E-state index contributed by atoms with van der Waals surface area (Å²) in [5.74, 6) is 0.625. The summed E-state index contributed by atoms with van der Waals surface area (Å²) in [5.41, 5.74) is 0. The van der Waals surface area contributed by atoms with Crippen LogP contribution in [0.4, 0.5) is 0 Å². The van der Waals surface area contributed by atoms with E-state index in [1.165, 1.54) is 0 Å². The van der Waals surface area contributed by atoms with E-state index in [2.05, 4.69) is 18.6 Å². The van der Waals surface area contributed by atoms with Crippen LogP contribution in [0.3, 0.4) is 0 Å². The molecule has 0 aromatic carbocycles. The van der Waals surface area contributed by atoms with E-state index in [0.29, 0.717) is 12.4 Å². The first kappa shape index (κ1) is 15.6. The van der Waals surface area contributed by atoms with Crippen LogP contribution in [0.15, 0.2) is 0 Å². The molecule has 0 aliphatic rings. The zero-order valence-corrected chi connectivity index (χ0v) is 8.61. The largest absolute Gasteiger partial charge is 1.00 e. The molecule has 0 radical (unpaired) electrons. The molecule has 0 spiro atoms. The normalized spacial score (nSPS) is 9.50. The van der Waals surface area contributed by atoms with Gasteiger partial charge in [-0.1, -0.05) is 0 Å². The van der Waals surface area contributed by atoms with E-state index in [0.717, 1.165) is 30.5 Å². The van der Waals surface area contributed by atoms with Crippen molar-refractivity contribution in [3.63, 3.8) is 0 Å². The molecule has 5 nitrogen and oxygen atoms in total. The third-order valence-corrected chi connectivity index (χ3v) is 1.49. The molecule has 0 aliphatic carbocycles. The molecule has 0 fully saturated rings. The Morgan fingerprint density at radius 1 is 1.33 bits per heavy atom. The van der Waals surface area contributed by atoms with Crippen molar-refractivity contribution in [2.45, 2.75) is 6.42 Å². The summed E-state index contributed by atoms with van der Waals surface area (Å²) in [6, 6.07) is 0. The molecule has 68 valence electrons. The van der Waals surface area contributed by atoms with Gasteiger partial charge < -0.3 is 5.26 Å². The monoisotopic (exact) mass is 208 g/mol. The van der Waals surface area contributed by atoms with Gasteiger partial charge in [-0.25, -0.2) is 4.89 Å². The van der Waals surface area contributed by atoms with Crippen molar-refractivity contribution in [3.8, 4) is 0 Å². The van der Waals surface area contributed by atoms with Gasteiger partial charge in [-0.2, -0.15) is 8.67 Å². The summed E-state index contributed by atoms with van der Waals surface area (Å²) in [6.45, 7) is 0.468. The maximum absolute atomic E-state index is 9.26. The Morgan fingerprint density at radius 2 is 2.08 bits per heavy atom. The second-order valence-electron chi connectivity index (χ2n) is 1.37. The summed E-state index contributed by atoms with van der Waals surface area (Å²) in [6.07, 6.45) is 2.48. The van der Waals surface area contributed by atoms with Crippen LogP contribution in [0.2, 0.25) is 0 Å². The fourth-order valence-corrected chi connectivity index (χ4v) is 0.820. The molecule has 0 aliphatic heterocycles. The molecule has 0 aromatic heterocycles. The third kappa shape index (κ3) is 13.7. The maximum Gasteiger partial charge on any atom is 1.00 e. The molecular weight excluding hydrogens is 199 g/mol. The van der Waals surface area contributed by atoms with Crippen LogP contribution in [-0.4, -0.2) is 18.6 Å². The Labute approximate surface area is 91.8 Å². The van der Waals surface area contributed by atoms with Crippen molar-refractivity contribution in [3.05, 3.63) is 0 Å². The zero-order chi connectivity index (χ0) is 8.36. The van der Waals surface area contributed by atoms with Gasteiger partial charge in [-0.3, -0.25) is 5.04 Å². The molecule has 0 aromatic rings. The van der Waals surface area contributed by atoms with Crippen LogP contribution >= 0.6 is 24.1 Å². The Morgan fingerprint density at radius 3 is 2.67 bits per heavy atom. The number of hydrogen-bond donors (Lipinski definition) is 0. The summed E-state index contributed by atoms with van der Waals surface area (Å²) in [7, 11) is 0. The minimum absolute atomic E-state index is 0. The molecule has 0 rings (SSSR count). The first-order valence-corrected chi connectivity index (χ1v) is 4.88. The predicted molar refractivity (Wildman–Crippen MR) is 39.8 cm³/mol. The van der Waals surface area contributed by atoms with Gasteiger partial charge in [0.25, 0.3) is 0 Å². The van der Waals surface area contributed by atoms with Crippen molar-refractivity contribution in [2.24, 2.45) is 0 Å². The smallest absolute Gasteiger partial charge is 0.691 e. The minimum atomic E-state index is 0. The van der Waals surface area contributed by atoms with Gasteiger partial charge in [0.05, 0.1) is 6.61 Å². The molecule has 0 heterocycles. The standard InChI is InChI=1S/C4H10O5S2.Li/c1-10-8-6-3-2-4-11-9-7-5;/h5H,2-4H2,1H3;/q;+1/p-1. The maximum atomic E-state index is 9.26. The van der Waals surface area contributed by atoms with Crippen LogP contribution < -0.4 is 24.1 Å². The fraction of sp³-hybridized carbons (Fsp3) is 1.00. The second-order valence-corrected chi connectivity index (χ2v) is 2.62. The van der Waals surface area contributed by atoms with E-state index >= 15 is 0 Å². The molecule has 0 N–H and O–H groups in total. The average Bonchev–Trinajstić information content (AvgIpc) is 2.03. The summed E-state index contributed by atoms with van der Waals surface area (Å²) < 4.78 is 8.51. The van der Waals surface area contributed by atoms with Crippen LogP contribution in [-0.2, 0) is 18.6 Å². The Kier molecular flexibility index (Phi) is 19.0. The molecule has 0 unspecified atom stereocenters. The molecule has 0 atom stereocenters. The van der Waals surface area contributed by atoms with Crippen LogP contribution in [0.25, 0.3) is 0 Å². The van der Waals surface area contributed by atoms with Crippen molar-refractivity contribution in [1.82, 2.24) is 0 Å². The number of rotatable bonds is 8. The van der Waals surface area contributed by atoms with Crippen LogP contribution in [0.5, 0.6) is 0 Å². The topological polar surface area (TPSA) is 60.0 Å². The molecule has 0 saturated heterocycles.